The van der Waals surface area contributed by atoms with Crippen LogP contribution in [0.4, 0.5) is 0 Å². The molecule has 1 amide bonds. The van der Waals surface area contributed by atoms with Gasteiger partial charge in [-0.2, -0.15) is 0 Å². The zero-order valence-corrected chi connectivity index (χ0v) is 12.7. The molecule has 2 N–H and O–H groups in total. The third kappa shape index (κ3) is 2.08. The molecule has 0 aromatic heterocycles. The van der Waals surface area contributed by atoms with Crippen LogP contribution in [0.2, 0.25) is 0 Å². The largest absolute Gasteiger partial charge is 0.374 e. The van der Waals surface area contributed by atoms with E-state index in [4.69, 9.17) is 10.5 Å². The van der Waals surface area contributed by atoms with Crippen molar-refractivity contribution in [3.05, 3.63) is 0 Å². The summed E-state index contributed by atoms with van der Waals surface area (Å²) in [4.78, 5) is 14.8. The zero-order chi connectivity index (χ0) is 13.0. The van der Waals surface area contributed by atoms with Gasteiger partial charge in [0.05, 0.1) is 17.7 Å². The molecule has 4 unspecified atom stereocenters. The summed E-state index contributed by atoms with van der Waals surface area (Å²) in [5.74, 6) is 1.41. The molecule has 1 aliphatic carbocycles. The molecule has 3 heterocycles. The number of likely N-dealkylation sites (tertiary alicyclic amines) is 1. The lowest BCUT2D eigenvalue weighted by Gasteiger charge is -2.35. The van der Waals surface area contributed by atoms with Gasteiger partial charge in [0.1, 0.15) is 0 Å². The summed E-state index contributed by atoms with van der Waals surface area (Å²) < 4.78 is 5.97. The number of nitrogens with two attached hydrogens (primary N) is 1. The van der Waals surface area contributed by atoms with Crippen LogP contribution in [0.3, 0.4) is 0 Å². The van der Waals surface area contributed by atoms with Crippen LogP contribution < -0.4 is 5.73 Å². The first-order chi connectivity index (χ1) is 9.17. The minimum Gasteiger partial charge on any atom is -0.374 e. The van der Waals surface area contributed by atoms with Gasteiger partial charge >= 0.3 is 0 Å². The maximum atomic E-state index is 12.7. The minimum absolute atomic E-state index is 0. The molecular weight excluding hydrogens is 276 g/mol. The molecule has 4 aliphatic rings. The number of ether oxygens (including phenoxy) is 1. The lowest BCUT2D eigenvalue weighted by molar-refractivity contribution is -0.138. The smallest absolute Gasteiger partial charge is 0.242 e. The standard InChI is InChI=1S/C15H24N2O2.ClH/c16-15(6-2-1-3-7-15)14(18)17-8-10-11(9-17)13-5-4-12(10)19-13;/h10-13H,1-9,16H2;1H. The van der Waals surface area contributed by atoms with Crippen LogP contribution in [0.5, 0.6) is 0 Å². The molecule has 4 fully saturated rings. The number of hydrogen-bond acceptors (Lipinski definition) is 3. The summed E-state index contributed by atoms with van der Waals surface area (Å²) >= 11 is 0. The van der Waals surface area contributed by atoms with Gasteiger partial charge in [0.25, 0.3) is 0 Å². The van der Waals surface area contributed by atoms with E-state index in [1.165, 1.54) is 19.3 Å². The summed E-state index contributed by atoms with van der Waals surface area (Å²) in [5, 5.41) is 0. The van der Waals surface area contributed by atoms with Crippen molar-refractivity contribution >= 4 is 18.3 Å². The number of nitrogens with zero attached hydrogens (tertiary/aromatic N) is 1. The summed E-state index contributed by atoms with van der Waals surface area (Å²) in [5.41, 5.74) is 5.84. The minimum atomic E-state index is -0.559. The lowest BCUT2D eigenvalue weighted by atomic mass is 9.81. The second-order valence-corrected chi connectivity index (χ2v) is 7.04. The van der Waals surface area contributed by atoms with Gasteiger partial charge in [-0.25, -0.2) is 0 Å². The predicted octanol–water partition coefficient (Wildman–Crippen LogP) is 1.71. The maximum Gasteiger partial charge on any atom is 0.242 e. The van der Waals surface area contributed by atoms with Crippen LogP contribution in [0.1, 0.15) is 44.9 Å². The monoisotopic (exact) mass is 300 g/mol. The summed E-state index contributed by atoms with van der Waals surface area (Å²) in [6.07, 6.45) is 8.44. The van der Waals surface area contributed by atoms with E-state index in [0.717, 1.165) is 38.8 Å². The molecule has 4 rings (SSSR count). The summed E-state index contributed by atoms with van der Waals surface area (Å²) in [6.45, 7) is 1.78. The first-order valence-electron chi connectivity index (χ1n) is 7.91. The van der Waals surface area contributed by atoms with Crippen LogP contribution in [0, 0.1) is 11.8 Å². The molecule has 1 saturated carbocycles. The van der Waals surface area contributed by atoms with Gasteiger partial charge in [-0.05, 0) is 25.7 Å². The van der Waals surface area contributed by atoms with Crippen LogP contribution in [-0.4, -0.2) is 41.6 Å². The van der Waals surface area contributed by atoms with E-state index in [0.29, 0.717) is 24.0 Å². The van der Waals surface area contributed by atoms with Crippen molar-refractivity contribution in [2.45, 2.75) is 62.7 Å². The third-order valence-electron chi connectivity index (χ3n) is 5.91. The molecule has 4 atom stereocenters. The fourth-order valence-electron chi connectivity index (χ4n) is 4.84. The number of hydrogen-bond donors (Lipinski definition) is 1. The number of fused-ring (bicyclic) bond motifs is 5. The molecule has 5 heteroatoms. The van der Waals surface area contributed by atoms with Crippen molar-refractivity contribution in [2.75, 3.05) is 13.1 Å². The molecule has 4 nitrogen and oxygen atoms in total. The fraction of sp³-hybridized carbons (Fsp3) is 0.933. The average Bonchev–Trinajstić information content (AvgIpc) is 3.11. The highest BCUT2D eigenvalue weighted by Crippen LogP contribution is 2.47. The first-order valence-corrected chi connectivity index (χ1v) is 7.91. The SMILES string of the molecule is Cl.NC1(C(=O)N2CC3C4CCC(O4)C3C2)CCCCC1. The number of rotatable bonds is 1. The van der Waals surface area contributed by atoms with Crippen LogP contribution >= 0.6 is 12.4 Å². The van der Waals surface area contributed by atoms with Crippen molar-refractivity contribution in [1.29, 1.82) is 0 Å². The molecule has 0 aromatic rings. The van der Waals surface area contributed by atoms with E-state index < -0.39 is 5.54 Å². The number of carbonyl (C=O) groups is 1. The highest BCUT2D eigenvalue weighted by Gasteiger charge is 2.55. The Balaban J connectivity index is 0.00000121. The first kappa shape index (κ1) is 14.6. The highest BCUT2D eigenvalue weighted by atomic mass is 35.5. The maximum absolute atomic E-state index is 12.7. The summed E-state index contributed by atoms with van der Waals surface area (Å²) in [6, 6.07) is 0. The van der Waals surface area contributed by atoms with Gasteiger partial charge in [0.15, 0.2) is 0 Å². The van der Waals surface area contributed by atoms with E-state index in [1.807, 2.05) is 0 Å². The van der Waals surface area contributed by atoms with Gasteiger partial charge in [0, 0.05) is 24.9 Å². The highest BCUT2D eigenvalue weighted by molar-refractivity contribution is 5.86. The second-order valence-electron chi connectivity index (χ2n) is 7.04. The third-order valence-corrected chi connectivity index (χ3v) is 5.91. The average molecular weight is 301 g/mol. The van der Waals surface area contributed by atoms with Gasteiger partial charge in [-0.3, -0.25) is 4.79 Å². The van der Waals surface area contributed by atoms with E-state index in [2.05, 4.69) is 4.90 Å². The Kier molecular flexibility index (Phi) is 3.76. The van der Waals surface area contributed by atoms with E-state index in [1.54, 1.807) is 0 Å². The second kappa shape index (κ2) is 5.15. The number of amides is 1. The van der Waals surface area contributed by atoms with Gasteiger partial charge in [-0.1, -0.05) is 19.3 Å². The molecular formula is C15H25ClN2O2. The number of carbonyl (C=O) groups excluding carboxylic acids is 1. The van der Waals surface area contributed by atoms with Gasteiger partial charge in [0.2, 0.25) is 5.91 Å². The quantitative estimate of drug-likeness (QED) is 0.802. The van der Waals surface area contributed by atoms with Crippen LogP contribution in [-0.2, 0) is 9.53 Å². The van der Waals surface area contributed by atoms with E-state index >= 15 is 0 Å². The predicted molar refractivity (Wildman–Crippen MR) is 78.7 cm³/mol. The Morgan fingerprint density at radius 3 is 2.15 bits per heavy atom. The van der Waals surface area contributed by atoms with Crippen molar-refractivity contribution in [2.24, 2.45) is 17.6 Å². The topological polar surface area (TPSA) is 55.6 Å². The Morgan fingerprint density at radius 1 is 1.05 bits per heavy atom. The molecule has 0 aromatic carbocycles. The van der Waals surface area contributed by atoms with Crippen LogP contribution in [0.15, 0.2) is 0 Å². The Labute approximate surface area is 126 Å². The molecule has 3 aliphatic heterocycles. The molecule has 0 radical (unpaired) electrons. The van der Waals surface area contributed by atoms with Gasteiger partial charge in [-0.15, -0.1) is 12.4 Å². The van der Waals surface area contributed by atoms with Crippen molar-refractivity contribution in [3.63, 3.8) is 0 Å². The summed E-state index contributed by atoms with van der Waals surface area (Å²) in [7, 11) is 0. The lowest BCUT2D eigenvalue weighted by Crippen LogP contribution is -2.56. The van der Waals surface area contributed by atoms with Crippen molar-refractivity contribution in [3.8, 4) is 0 Å². The molecule has 2 bridgehead atoms. The normalized spacial score (nSPS) is 41.4. The number of halogens is 1. The van der Waals surface area contributed by atoms with E-state index in [-0.39, 0.29) is 18.3 Å². The molecule has 3 saturated heterocycles. The van der Waals surface area contributed by atoms with Crippen molar-refractivity contribution < 1.29 is 9.53 Å². The Morgan fingerprint density at radius 2 is 1.60 bits per heavy atom. The molecule has 20 heavy (non-hydrogen) atoms. The molecule has 114 valence electrons. The molecule has 0 spiro atoms. The Hall–Kier alpha value is -0.320. The zero-order valence-electron chi connectivity index (χ0n) is 11.9. The van der Waals surface area contributed by atoms with Crippen LogP contribution in [0.25, 0.3) is 0 Å². The van der Waals surface area contributed by atoms with Gasteiger partial charge < -0.3 is 15.4 Å². The van der Waals surface area contributed by atoms with Crippen molar-refractivity contribution in [1.82, 2.24) is 4.90 Å². The fourth-order valence-corrected chi connectivity index (χ4v) is 4.84. The Bertz CT molecular complexity index is 379. The van der Waals surface area contributed by atoms with E-state index in [9.17, 15) is 4.79 Å².